The van der Waals surface area contributed by atoms with Gasteiger partial charge in [0.2, 0.25) is 16.9 Å². The predicted octanol–water partition coefficient (Wildman–Crippen LogP) is 5.00. The molecule has 0 bridgehead atoms. The van der Waals surface area contributed by atoms with Crippen molar-refractivity contribution in [1.82, 2.24) is 0 Å². The van der Waals surface area contributed by atoms with E-state index in [4.69, 9.17) is 18.0 Å². The second-order valence-electron chi connectivity index (χ2n) is 7.37. The second kappa shape index (κ2) is 7.39. The lowest BCUT2D eigenvalue weighted by atomic mass is 10.1. The van der Waals surface area contributed by atoms with Crippen LogP contribution in [0.3, 0.4) is 0 Å². The highest BCUT2D eigenvalue weighted by molar-refractivity contribution is 5.95. The number of carbonyl (C=O) groups excluding carboxylic acids is 1. The minimum absolute atomic E-state index is 0.0470. The monoisotopic (exact) mass is 428 g/mol. The number of benzene rings is 2. The average molecular weight is 428 g/mol. The molecule has 0 fully saturated rings. The molecule has 0 saturated heterocycles. The van der Waals surface area contributed by atoms with Crippen molar-refractivity contribution < 1.29 is 22.8 Å². The van der Waals surface area contributed by atoms with Gasteiger partial charge in [-0.2, -0.15) is 0 Å². The Bertz CT molecular complexity index is 1620. The first-order valence-corrected chi connectivity index (χ1v) is 9.79. The molecule has 5 rings (SSSR count). The molecule has 0 unspecified atom stereocenters. The largest absolute Gasteiger partial charge is 0.461 e. The van der Waals surface area contributed by atoms with Crippen molar-refractivity contribution in [3.63, 3.8) is 0 Å². The summed E-state index contributed by atoms with van der Waals surface area (Å²) in [5.74, 6) is -1.24. The number of ether oxygens (including phenoxy) is 1. The van der Waals surface area contributed by atoms with Crippen LogP contribution in [0.5, 0.6) is 5.75 Å². The van der Waals surface area contributed by atoms with E-state index in [0.29, 0.717) is 16.6 Å². The maximum atomic E-state index is 13.3. The van der Waals surface area contributed by atoms with Crippen molar-refractivity contribution in [3.8, 4) is 17.3 Å². The fraction of sp³-hybridized carbons (Fsp3) is 0.0800. The highest BCUT2D eigenvalue weighted by Gasteiger charge is 2.25. The Kier molecular flexibility index (Phi) is 4.52. The van der Waals surface area contributed by atoms with Gasteiger partial charge in [-0.1, -0.05) is 18.2 Å². The van der Waals surface area contributed by atoms with Gasteiger partial charge in [0, 0.05) is 5.39 Å². The molecule has 7 heteroatoms. The summed E-state index contributed by atoms with van der Waals surface area (Å²) in [6.07, 6.45) is 1.41. The molecule has 0 aliphatic heterocycles. The number of rotatable bonds is 3. The zero-order valence-electron chi connectivity index (χ0n) is 17.1. The van der Waals surface area contributed by atoms with Gasteiger partial charge < -0.3 is 18.0 Å². The van der Waals surface area contributed by atoms with Gasteiger partial charge in [-0.15, -0.1) is 0 Å². The Morgan fingerprint density at radius 2 is 1.66 bits per heavy atom. The second-order valence-corrected chi connectivity index (χ2v) is 7.37. The minimum Gasteiger partial charge on any atom is -0.461 e. The zero-order valence-corrected chi connectivity index (χ0v) is 17.1. The molecule has 158 valence electrons. The molecule has 0 N–H and O–H groups in total. The predicted molar refractivity (Wildman–Crippen MR) is 117 cm³/mol. The quantitative estimate of drug-likeness (QED) is 0.295. The van der Waals surface area contributed by atoms with E-state index >= 15 is 0 Å². The molecular formula is C25H16O7. The van der Waals surface area contributed by atoms with E-state index in [1.54, 1.807) is 48.5 Å². The maximum absolute atomic E-state index is 13.3. The van der Waals surface area contributed by atoms with Gasteiger partial charge in [-0.05, 0) is 61.4 Å². The van der Waals surface area contributed by atoms with Crippen molar-refractivity contribution in [2.45, 2.75) is 13.8 Å². The molecule has 0 saturated carbocycles. The van der Waals surface area contributed by atoms with E-state index in [1.165, 1.54) is 12.3 Å². The van der Waals surface area contributed by atoms with Crippen LogP contribution in [0.15, 0.2) is 83.7 Å². The summed E-state index contributed by atoms with van der Waals surface area (Å²) in [4.78, 5) is 38.6. The molecule has 0 aliphatic carbocycles. The third-order valence-electron chi connectivity index (χ3n) is 5.27. The molecule has 3 aromatic heterocycles. The SMILES string of the molecule is Cc1cc2oc(-c3ccco3)c(OC(=O)c3cc4ccccc4oc3=O)c(=O)c2cc1C. The van der Waals surface area contributed by atoms with Crippen molar-refractivity contribution in [1.29, 1.82) is 0 Å². The molecule has 5 aromatic rings. The van der Waals surface area contributed by atoms with Crippen LogP contribution >= 0.6 is 0 Å². The molecule has 32 heavy (non-hydrogen) atoms. The molecule has 2 aromatic carbocycles. The van der Waals surface area contributed by atoms with Crippen LogP contribution in [0, 0.1) is 13.8 Å². The highest BCUT2D eigenvalue weighted by Crippen LogP contribution is 2.32. The van der Waals surface area contributed by atoms with Gasteiger partial charge in [0.15, 0.2) is 5.76 Å². The summed E-state index contributed by atoms with van der Waals surface area (Å²) in [6.45, 7) is 3.76. The van der Waals surface area contributed by atoms with E-state index in [1.807, 2.05) is 13.8 Å². The first-order chi connectivity index (χ1) is 15.4. The first-order valence-electron chi connectivity index (χ1n) is 9.79. The van der Waals surface area contributed by atoms with E-state index in [-0.39, 0.29) is 28.2 Å². The van der Waals surface area contributed by atoms with Gasteiger partial charge in [0.1, 0.15) is 16.7 Å². The summed E-state index contributed by atoms with van der Waals surface area (Å²) in [5, 5.41) is 0.790. The van der Waals surface area contributed by atoms with E-state index in [0.717, 1.165) is 11.1 Å². The van der Waals surface area contributed by atoms with Crippen LogP contribution < -0.4 is 15.8 Å². The lowest BCUT2D eigenvalue weighted by Gasteiger charge is -2.10. The number of hydrogen-bond donors (Lipinski definition) is 0. The van der Waals surface area contributed by atoms with Crippen LogP contribution in [0.25, 0.3) is 33.5 Å². The summed E-state index contributed by atoms with van der Waals surface area (Å²) in [5.41, 5.74) is 0.710. The standard InChI is InChI=1S/C25H16O7/c1-13-10-16-20(11-14(13)2)30-22(19-8-5-9-29-19)23(21(16)26)32-25(28)17-12-15-6-3-4-7-18(15)31-24(17)27/h3-12H,1-2H3. The fourth-order valence-electron chi connectivity index (χ4n) is 3.45. The molecule has 0 amide bonds. The van der Waals surface area contributed by atoms with E-state index in [9.17, 15) is 14.4 Å². The Morgan fingerprint density at radius 1 is 0.875 bits per heavy atom. The first kappa shape index (κ1) is 19.6. The lowest BCUT2D eigenvalue weighted by Crippen LogP contribution is -2.22. The van der Waals surface area contributed by atoms with Gasteiger partial charge in [-0.3, -0.25) is 4.79 Å². The average Bonchev–Trinajstić information content (AvgIpc) is 3.31. The Labute approximate surface area is 180 Å². The highest BCUT2D eigenvalue weighted by atomic mass is 16.5. The summed E-state index contributed by atoms with van der Waals surface area (Å²) < 4.78 is 21.9. The minimum atomic E-state index is -1.03. The number of esters is 1. The summed E-state index contributed by atoms with van der Waals surface area (Å²) in [7, 11) is 0. The number of fused-ring (bicyclic) bond motifs is 2. The molecule has 0 radical (unpaired) electrons. The van der Waals surface area contributed by atoms with Gasteiger partial charge >= 0.3 is 11.6 Å². The number of furan rings is 1. The molecular weight excluding hydrogens is 412 g/mol. The van der Waals surface area contributed by atoms with Crippen molar-refractivity contribution in [2.75, 3.05) is 0 Å². The molecule has 0 atom stereocenters. The van der Waals surface area contributed by atoms with Gasteiger partial charge in [0.25, 0.3) is 0 Å². The summed E-state index contributed by atoms with van der Waals surface area (Å²) in [6, 6.07) is 14.7. The van der Waals surface area contributed by atoms with Gasteiger partial charge in [-0.25, -0.2) is 9.59 Å². The number of para-hydroxylation sites is 1. The Hall–Kier alpha value is -4.39. The molecule has 7 nitrogen and oxygen atoms in total. The fourth-order valence-corrected chi connectivity index (χ4v) is 3.45. The normalized spacial score (nSPS) is 11.2. The lowest BCUT2D eigenvalue weighted by molar-refractivity contribution is 0.0727. The van der Waals surface area contributed by atoms with Crippen molar-refractivity contribution in [3.05, 3.63) is 98.2 Å². The Morgan fingerprint density at radius 3 is 2.44 bits per heavy atom. The number of carbonyl (C=O) groups is 1. The smallest absolute Gasteiger partial charge is 0.351 e. The van der Waals surface area contributed by atoms with Crippen molar-refractivity contribution >= 4 is 27.9 Å². The molecule has 0 spiro atoms. The maximum Gasteiger partial charge on any atom is 0.351 e. The van der Waals surface area contributed by atoms with Crippen LogP contribution in [-0.4, -0.2) is 5.97 Å². The van der Waals surface area contributed by atoms with Crippen LogP contribution in [0.4, 0.5) is 0 Å². The summed E-state index contributed by atoms with van der Waals surface area (Å²) >= 11 is 0. The van der Waals surface area contributed by atoms with Crippen LogP contribution in [0.2, 0.25) is 0 Å². The van der Waals surface area contributed by atoms with Gasteiger partial charge in [0.05, 0.1) is 11.6 Å². The van der Waals surface area contributed by atoms with E-state index < -0.39 is 17.0 Å². The van der Waals surface area contributed by atoms with Crippen LogP contribution in [-0.2, 0) is 0 Å². The van der Waals surface area contributed by atoms with Crippen molar-refractivity contribution in [2.24, 2.45) is 0 Å². The third kappa shape index (κ3) is 3.20. The van der Waals surface area contributed by atoms with Crippen LogP contribution in [0.1, 0.15) is 21.5 Å². The Balaban J connectivity index is 1.69. The molecule has 3 heterocycles. The number of aryl methyl sites for hydroxylation is 2. The van der Waals surface area contributed by atoms with E-state index in [2.05, 4.69) is 0 Å². The molecule has 0 aliphatic rings. The topological polar surface area (TPSA) is 99.9 Å². The zero-order chi connectivity index (χ0) is 22.4. The number of hydrogen-bond acceptors (Lipinski definition) is 7. The third-order valence-corrected chi connectivity index (χ3v) is 5.27.